The van der Waals surface area contributed by atoms with Gasteiger partial charge in [-0.25, -0.2) is 15.0 Å². The van der Waals surface area contributed by atoms with E-state index in [2.05, 4.69) is 25.6 Å². The highest BCUT2D eigenvalue weighted by Crippen LogP contribution is 2.29. The average molecular weight is 308 g/mol. The van der Waals surface area contributed by atoms with Gasteiger partial charge in [-0.05, 0) is 20.3 Å². The fourth-order valence-corrected chi connectivity index (χ4v) is 2.50. The van der Waals surface area contributed by atoms with Gasteiger partial charge in [-0.15, -0.1) is 11.3 Å². The van der Waals surface area contributed by atoms with Crippen molar-refractivity contribution in [3.05, 3.63) is 16.9 Å². The van der Waals surface area contributed by atoms with Gasteiger partial charge in [-0.3, -0.25) is 0 Å². The van der Waals surface area contributed by atoms with Crippen LogP contribution in [0, 0.1) is 13.8 Å². The van der Waals surface area contributed by atoms with Gasteiger partial charge in [0.05, 0.1) is 5.69 Å². The lowest BCUT2D eigenvalue weighted by molar-refractivity contribution is 0.198. The van der Waals surface area contributed by atoms with Gasteiger partial charge in [-0.2, -0.15) is 0 Å². The van der Waals surface area contributed by atoms with E-state index in [1.54, 1.807) is 18.4 Å². The number of rotatable bonds is 7. The molecule has 0 saturated carbocycles. The van der Waals surface area contributed by atoms with Gasteiger partial charge in [0.25, 0.3) is 0 Å². The Bertz CT molecular complexity index is 581. The van der Waals surface area contributed by atoms with Crippen molar-refractivity contribution in [1.82, 2.24) is 15.0 Å². The van der Waals surface area contributed by atoms with Crippen LogP contribution in [0.15, 0.2) is 6.33 Å². The van der Waals surface area contributed by atoms with Gasteiger partial charge in [-0.1, -0.05) is 0 Å². The van der Waals surface area contributed by atoms with E-state index in [4.69, 9.17) is 10.5 Å². The van der Waals surface area contributed by atoms with Crippen LogP contribution in [0.2, 0.25) is 0 Å². The number of hydrogen-bond donors (Lipinski definition) is 3. The lowest BCUT2D eigenvalue weighted by Gasteiger charge is -2.11. The molecule has 0 unspecified atom stereocenters. The summed E-state index contributed by atoms with van der Waals surface area (Å²) in [7, 11) is 1.68. The fourth-order valence-electron chi connectivity index (χ4n) is 1.69. The normalized spacial score (nSPS) is 10.6. The van der Waals surface area contributed by atoms with Crippen LogP contribution >= 0.6 is 11.3 Å². The number of aromatic nitrogens is 3. The van der Waals surface area contributed by atoms with Crippen LogP contribution in [0.1, 0.15) is 17.0 Å². The van der Waals surface area contributed by atoms with E-state index < -0.39 is 0 Å². The summed E-state index contributed by atoms with van der Waals surface area (Å²) in [4.78, 5) is 13.9. The van der Waals surface area contributed by atoms with Crippen molar-refractivity contribution in [2.45, 2.75) is 20.3 Å². The van der Waals surface area contributed by atoms with Crippen molar-refractivity contribution in [3.63, 3.8) is 0 Å². The number of nitrogen functional groups attached to an aromatic ring is 1. The summed E-state index contributed by atoms with van der Waals surface area (Å²) in [5.74, 6) is 1.18. The number of ether oxygens (including phenoxy) is 1. The maximum atomic E-state index is 6.09. The molecule has 0 aromatic carbocycles. The smallest absolute Gasteiger partial charge is 0.188 e. The van der Waals surface area contributed by atoms with Gasteiger partial charge >= 0.3 is 0 Å². The Hall–Kier alpha value is -1.93. The predicted molar refractivity (Wildman–Crippen MR) is 86.3 cm³/mol. The van der Waals surface area contributed by atoms with Gasteiger partial charge in [0.15, 0.2) is 16.8 Å². The molecule has 2 rings (SSSR count). The molecule has 2 heterocycles. The minimum atomic E-state index is 0.487. The number of nitrogens with two attached hydrogens (primary N) is 1. The van der Waals surface area contributed by atoms with Crippen molar-refractivity contribution in [2.75, 3.05) is 36.6 Å². The fraction of sp³-hybridized carbons (Fsp3) is 0.462. The number of nitrogens with zero attached hydrogens (tertiary/aromatic N) is 3. The second-order valence-corrected chi connectivity index (χ2v) is 5.75. The van der Waals surface area contributed by atoms with Gasteiger partial charge in [0.1, 0.15) is 12.0 Å². The first kappa shape index (κ1) is 15.5. The molecule has 7 nitrogen and oxygen atoms in total. The molecule has 0 aliphatic rings. The Balaban J connectivity index is 2.06. The Kier molecular flexibility index (Phi) is 5.29. The van der Waals surface area contributed by atoms with Crippen molar-refractivity contribution < 1.29 is 4.74 Å². The summed E-state index contributed by atoms with van der Waals surface area (Å²) in [5, 5.41) is 7.10. The number of thiazole rings is 1. The summed E-state index contributed by atoms with van der Waals surface area (Å²) < 4.78 is 5.00. The highest BCUT2D eigenvalue weighted by molar-refractivity contribution is 7.15. The summed E-state index contributed by atoms with van der Waals surface area (Å²) in [6.45, 7) is 5.44. The SMILES string of the molecule is COCCCNc1ncnc(Nc2nc(C)c(C)s2)c1N. The van der Waals surface area contributed by atoms with Crippen molar-refractivity contribution in [2.24, 2.45) is 0 Å². The zero-order chi connectivity index (χ0) is 15.2. The summed E-state index contributed by atoms with van der Waals surface area (Å²) in [6.07, 6.45) is 2.36. The molecule has 0 spiro atoms. The average Bonchev–Trinajstić information content (AvgIpc) is 2.77. The van der Waals surface area contributed by atoms with E-state index in [9.17, 15) is 0 Å². The number of methoxy groups -OCH3 is 1. The third-order valence-electron chi connectivity index (χ3n) is 2.96. The van der Waals surface area contributed by atoms with Crippen LogP contribution in [0.3, 0.4) is 0 Å². The minimum Gasteiger partial charge on any atom is -0.393 e. The van der Waals surface area contributed by atoms with E-state index in [1.165, 1.54) is 11.2 Å². The maximum Gasteiger partial charge on any atom is 0.188 e. The Morgan fingerprint density at radius 3 is 2.71 bits per heavy atom. The van der Waals surface area contributed by atoms with Crippen LogP contribution in [0.25, 0.3) is 0 Å². The molecule has 0 radical (unpaired) electrons. The second-order valence-electron chi connectivity index (χ2n) is 4.54. The molecular weight excluding hydrogens is 288 g/mol. The third-order valence-corrected chi connectivity index (χ3v) is 3.94. The number of nitrogens with one attached hydrogen (secondary N) is 2. The summed E-state index contributed by atoms with van der Waals surface area (Å²) >= 11 is 1.57. The monoisotopic (exact) mass is 308 g/mol. The predicted octanol–water partition coefficient (Wildman–Crippen LogP) is 2.32. The van der Waals surface area contributed by atoms with E-state index >= 15 is 0 Å². The first-order valence-electron chi connectivity index (χ1n) is 6.66. The molecule has 2 aromatic rings. The quantitative estimate of drug-likeness (QED) is 0.675. The first-order chi connectivity index (χ1) is 10.1. The standard InChI is InChI=1S/C13H20N6OS/c1-8-9(2)21-13(18-8)19-12-10(14)11(16-7-17-12)15-5-4-6-20-3/h7H,4-6,14H2,1-3H3,(H2,15,16,17,18,19). The topological polar surface area (TPSA) is 98.0 Å². The number of aryl methyl sites for hydroxylation is 2. The molecule has 0 saturated heterocycles. The van der Waals surface area contributed by atoms with Crippen molar-refractivity contribution >= 4 is 33.8 Å². The molecule has 0 bridgehead atoms. The molecule has 0 aliphatic carbocycles. The summed E-state index contributed by atoms with van der Waals surface area (Å²) in [6, 6.07) is 0. The molecule has 0 fully saturated rings. The maximum absolute atomic E-state index is 6.09. The highest BCUT2D eigenvalue weighted by atomic mass is 32.1. The van der Waals surface area contributed by atoms with Crippen LogP contribution in [0.4, 0.5) is 22.5 Å². The van der Waals surface area contributed by atoms with Crippen LogP contribution in [-0.2, 0) is 4.74 Å². The zero-order valence-corrected chi connectivity index (χ0v) is 13.3. The van der Waals surface area contributed by atoms with Gasteiger partial charge in [0.2, 0.25) is 0 Å². The molecule has 114 valence electrons. The molecule has 21 heavy (non-hydrogen) atoms. The van der Waals surface area contributed by atoms with E-state index in [-0.39, 0.29) is 0 Å². The Morgan fingerprint density at radius 2 is 2.05 bits per heavy atom. The zero-order valence-electron chi connectivity index (χ0n) is 12.4. The molecule has 0 amide bonds. The van der Waals surface area contributed by atoms with Crippen molar-refractivity contribution in [3.8, 4) is 0 Å². The molecule has 8 heteroatoms. The van der Waals surface area contributed by atoms with Gasteiger partial charge < -0.3 is 21.1 Å². The molecule has 2 aromatic heterocycles. The third kappa shape index (κ3) is 4.02. The molecule has 0 aliphatic heterocycles. The first-order valence-corrected chi connectivity index (χ1v) is 7.47. The lowest BCUT2D eigenvalue weighted by atomic mass is 10.4. The van der Waals surface area contributed by atoms with Crippen molar-refractivity contribution in [1.29, 1.82) is 0 Å². The minimum absolute atomic E-state index is 0.487. The highest BCUT2D eigenvalue weighted by Gasteiger charge is 2.10. The Labute approximate surface area is 128 Å². The largest absolute Gasteiger partial charge is 0.393 e. The lowest BCUT2D eigenvalue weighted by Crippen LogP contribution is -2.10. The molecule has 0 atom stereocenters. The summed E-state index contributed by atoms with van der Waals surface area (Å²) in [5.41, 5.74) is 7.58. The van der Waals surface area contributed by atoms with E-state index in [0.717, 1.165) is 23.8 Å². The van der Waals surface area contributed by atoms with Crippen LogP contribution < -0.4 is 16.4 Å². The molecule has 4 N–H and O–H groups in total. The Morgan fingerprint density at radius 1 is 1.29 bits per heavy atom. The molecular formula is C13H20N6OS. The second kappa shape index (κ2) is 7.19. The van der Waals surface area contributed by atoms with E-state index in [0.29, 0.717) is 23.9 Å². The van der Waals surface area contributed by atoms with E-state index in [1.807, 2.05) is 13.8 Å². The number of anilines is 4. The van der Waals surface area contributed by atoms with Gasteiger partial charge in [0, 0.05) is 25.1 Å². The van der Waals surface area contributed by atoms with Crippen LogP contribution in [-0.4, -0.2) is 35.2 Å². The number of hydrogen-bond acceptors (Lipinski definition) is 8. The van der Waals surface area contributed by atoms with Crippen LogP contribution in [0.5, 0.6) is 0 Å².